The minimum Gasteiger partial charge on any atom is -0.481 e. The summed E-state index contributed by atoms with van der Waals surface area (Å²) >= 11 is 0. The van der Waals surface area contributed by atoms with Crippen molar-refractivity contribution in [2.24, 2.45) is 5.92 Å². The van der Waals surface area contributed by atoms with Crippen LogP contribution in [0.15, 0.2) is 42.5 Å². The Morgan fingerprint density at radius 1 is 1.21 bits per heavy atom. The van der Waals surface area contributed by atoms with Crippen molar-refractivity contribution in [3.8, 4) is 0 Å². The van der Waals surface area contributed by atoms with E-state index in [-0.39, 0.29) is 12.0 Å². The van der Waals surface area contributed by atoms with Crippen molar-refractivity contribution in [3.63, 3.8) is 0 Å². The normalized spacial score (nSPS) is 22.7. The van der Waals surface area contributed by atoms with Crippen LogP contribution in [0.5, 0.6) is 0 Å². The van der Waals surface area contributed by atoms with Gasteiger partial charge in [-0.15, -0.1) is 0 Å². The molecule has 0 saturated carbocycles. The number of nitrogens with one attached hydrogen (secondary N) is 2. The van der Waals surface area contributed by atoms with E-state index in [0.717, 1.165) is 0 Å². The Balaban J connectivity index is 1.91. The summed E-state index contributed by atoms with van der Waals surface area (Å²) in [5.74, 6) is -1.12. The molecule has 0 amide bonds. The van der Waals surface area contributed by atoms with E-state index in [1.54, 1.807) is 0 Å². The maximum absolute atomic E-state index is 11.2. The first-order valence-corrected chi connectivity index (χ1v) is 6.43. The molecule has 2 atom stereocenters. The van der Waals surface area contributed by atoms with Gasteiger partial charge < -0.3 is 5.11 Å². The van der Waals surface area contributed by atoms with Crippen molar-refractivity contribution in [3.05, 3.63) is 48.0 Å². The number of hydrogen-bond acceptors (Lipinski definition) is 3. The highest BCUT2D eigenvalue weighted by atomic mass is 16.4. The van der Waals surface area contributed by atoms with E-state index >= 15 is 0 Å². The molecule has 2 aromatic carbocycles. The predicted octanol–water partition coefficient (Wildman–Crippen LogP) is 1.56. The molecule has 0 radical (unpaired) electrons. The molecule has 2 unspecified atom stereocenters. The van der Waals surface area contributed by atoms with E-state index < -0.39 is 5.97 Å². The number of benzene rings is 2. The van der Waals surface area contributed by atoms with Crippen LogP contribution in [0.2, 0.25) is 0 Å². The molecule has 4 heteroatoms. The Morgan fingerprint density at radius 3 is 2.84 bits per heavy atom. The summed E-state index contributed by atoms with van der Waals surface area (Å²) < 4.78 is 0. The lowest BCUT2D eigenvalue weighted by Crippen LogP contribution is -2.35. The fraction of sp³-hybridized carbons (Fsp3) is 0.267. The first-order chi connectivity index (χ1) is 9.25. The Labute approximate surface area is 111 Å². The number of hydrogen-bond donors (Lipinski definition) is 3. The van der Waals surface area contributed by atoms with Gasteiger partial charge in [-0.25, -0.2) is 0 Å². The van der Waals surface area contributed by atoms with E-state index in [1.807, 2.05) is 18.2 Å². The molecule has 0 aliphatic carbocycles. The van der Waals surface area contributed by atoms with Crippen molar-refractivity contribution in [1.29, 1.82) is 0 Å². The largest absolute Gasteiger partial charge is 0.481 e. The van der Waals surface area contributed by atoms with Crippen LogP contribution in [0.25, 0.3) is 10.8 Å². The molecule has 1 fully saturated rings. The summed E-state index contributed by atoms with van der Waals surface area (Å²) in [5.41, 5.74) is 7.20. The zero-order valence-electron chi connectivity index (χ0n) is 10.5. The van der Waals surface area contributed by atoms with Gasteiger partial charge in [0.15, 0.2) is 0 Å². The van der Waals surface area contributed by atoms with Gasteiger partial charge in [0.2, 0.25) is 0 Å². The van der Waals surface area contributed by atoms with E-state index in [4.69, 9.17) is 0 Å². The van der Waals surface area contributed by atoms with Crippen molar-refractivity contribution < 1.29 is 9.90 Å². The van der Waals surface area contributed by atoms with Crippen LogP contribution in [-0.4, -0.2) is 23.7 Å². The smallest absolute Gasteiger partial charge is 0.309 e. The monoisotopic (exact) mass is 256 g/mol. The van der Waals surface area contributed by atoms with Crippen LogP contribution in [-0.2, 0) is 11.2 Å². The number of rotatable bonds is 3. The lowest BCUT2D eigenvalue weighted by molar-refractivity contribution is -0.141. The van der Waals surface area contributed by atoms with Gasteiger partial charge in [0.25, 0.3) is 0 Å². The van der Waals surface area contributed by atoms with Crippen molar-refractivity contribution in [2.75, 3.05) is 6.54 Å². The van der Waals surface area contributed by atoms with E-state index in [2.05, 4.69) is 35.1 Å². The standard InChI is InChI=1S/C15H16N2O2/c18-15(19)13-9-16-17-14(13)8-11-6-3-5-10-4-1-2-7-12(10)11/h1-7,13-14,16-17H,8-9H2,(H,18,19). The molecule has 1 aliphatic rings. The zero-order valence-corrected chi connectivity index (χ0v) is 10.5. The molecule has 4 nitrogen and oxygen atoms in total. The lowest BCUT2D eigenvalue weighted by atomic mass is 9.93. The lowest BCUT2D eigenvalue weighted by Gasteiger charge is -2.16. The average Bonchev–Trinajstić information content (AvgIpc) is 2.87. The van der Waals surface area contributed by atoms with E-state index in [0.29, 0.717) is 13.0 Å². The highest BCUT2D eigenvalue weighted by Crippen LogP contribution is 2.22. The SMILES string of the molecule is O=C(O)C1CNNC1Cc1cccc2ccccc12. The quantitative estimate of drug-likeness (QED) is 0.780. The fourth-order valence-corrected chi connectivity index (χ4v) is 2.70. The highest BCUT2D eigenvalue weighted by molar-refractivity contribution is 5.85. The molecule has 0 spiro atoms. The van der Waals surface area contributed by atoms with Crippen molar-refractivity contribution in [2.45, 2.75) is 12.5 Å². The van der Waals surface area contributed by atoms with E-state index in [1.165, 1.54) is 16.3 Å². The van der Waals surface area contributed by atoms with Crippen LogP contribution in [0, 0.1) is 5.92 Å². The second-order valence-corrected chi connectivity index (χ2v) is 4.92. The summed E-state index contributed by atoms with van der Waals surface area (Å²) in [6.45, 7) is 0.477. The van der Waals surface area contributed by atoms with Crippen LogP contribution in [0.3, 0.4) is 0 Å². The molecular formula is C15H16N2O2. The molecule has 1 saturated heterocycles. The minimum atomic E-state index is -0.747. The summed E-state index contributed by atoms with van der Waals surface area (Å²) in [7, 11) is 0. The molecule has 0 aromatic heterocycles. The zero-order chi connectivity index (χ0) is 13.2. The maximum atomic E-state index is 11.2. The number of hydrazine groups is 1. The van der Waals surface area contributed by atoms with Gasteiger partial charge in [0.1, 0.15) is 0 Å². The van der Waals surface area contributed by atoms with Gasteiger partial charge in [-0.3, -0.25) is 15.6 Å². The molecule has 98 valence electrons. The first-order valence-electron chi connectivity index (χ1n) is 6.43. The number of aliphatic carboxylic acids is 1. The summed E-state index contributed by atoms with van der Waals surface area (Å²) in [6, 6.07) is 14.3. The highest BCUT2D eigenvalue weighted by Gasteiger charge is 2.32. The number of carbonyl (C=O) groups is 1. The molecular weight excluding hydrogens is 240 g/mol. The third-order valence-corrected chi connectivity index (χ3v) is 3.73. The minimum absolute atomic E-state index is 0.0664. The first kappa shape index (κ1) is 12.1. The summed E-state index contributed by atoms with van der Waals surface area (Å²) in [6.07, 6.45) is 0.714. The molecule has 1 aliphatic heterocycles. The van der Waals surface area contributed by atoms with E-state index in [9.17, 15) is 9.90 Å². The van der Waals surface area contributed by atoms with Crippen LogP contribution >= 0.6 is 0 Å². The molecule has 19 heavy (non-hydrogen) atoms. The number of carboxylic acid groups (broad SMARTS) is 1. The third-order valence-electron chi connectivity index (χ3n) is 3.73. The van der Waals surface area contributed by atoms with Crippen molar-refractivity contribution in [1.82, 2.24) is 10.9 Å². The fourth-order valence-electron chi connectivity index (χ4n) is 2.70. The third kappa shape index (κ3) is 2.32. The molecule has 2 aromatic rings. The van der Waals surface area contributed by atoms with Crippen LogP contribution in [0.4, 0.5) is 0 Å². The van der Waals surface area contributed by atoms with Gasteiger partial charge in [-0.05, 0) is 22.8 Å². The van der Waals surface area contributed by atoms with Crippen LogP contribution < -0.4 is 10.9 Å². The van der Waals surface area contributed by atoms with Gasteiger partial charge in [0, 0.05) is 12.6 Å². The summed E-state index contributed by atoms with van der Waals surface area (Å²) in [5, 5.41) is 11.6. The van der Waals surface area contributed by atoms with Gasteiger partial charge in [0.05, 0.1) is 5.92 Å². The second-order valence-electron chi connectivity index (χ2n) is 4.92. The van der Waals surface area contributed by atoms with Gasteiger partial charge in [-0.1, -0.05) is 42.5 Å². The molecule has 0 bridgehead atoms. The van der Waals surface area contributed by atoms with Crippen LogP contribution in [0.1, 0.15) is 5.56 Å². The topological polar surface area (TPSA) is 61.4 Å². The predicted molar refractivity (Wildman–Crippen MR) is 73.7 cm³/mol. The van der Waals surface area contributed by atoms with Gasteiger partial charge in [-0.2, -0.15) is 0 Å². The number of fused-ring (bicyclic) bond motifs is 1. The molecule has 3 rings (SSSR count). The Bertz CT molecular complexity index is 607. The molecule has 3 N–H and O–H groups in total. The van der Waals surface area contributed by atoms with Gasteiger partial charge >= 0.3 is 5.97 Å². The number of carboxylic acids is 1. The summed E-state index contributed by atoms with van der Waals surface area (Å²) in [4.78, 5) is 11.2. The Kier molecular flexibility index (Phi) is 3.19. The van der Waals surface area contributed by atoms with Crippen molar-refractivity contribution >= 4 is 16.7 Å². The maximum Gasteiger partial charge on any atom is 0.309 e. The average molecular weight is 256 g/mol. The Hall–Kier alpha value is -1.91. The molecule has 1 heterocycles. The second kappa shape index (κ2) is 4.99. The Morgan fingerprint density at radius 2 is 2.00 bits per heavy atom.